The molecule has 3 nitrogen and oxygen atoms in total. The van der Waals surface area contributed by atoms with Crippen LogP contribution in [0.4, 0.5) is 5.69 Å². The Hall–Kier alpha value is -1.39. The lowest BCUT2D eigenvalue weighted by Crippen LogP contribution is -2.05. The summed E-state index contributed by atoms with van der Waals surface area (Å²) in [6.45, 7) is 2.39. The molecule has 1 atom stereocenters. The summed E-state index contributed by atoms with van der Waals surface area (Å²) < 4.78 is 0.825. The number of nitrogens with one attached hydrogen (secondary N) is 1. The Labute approximate surface area is 115 Å². The number of benzene rings is 1. The van der Waals surface area contributed by atoms with E-state index in [1.165, 1.54) is 0 Å². The number of nitrogens with zero attached hydrogens (tertiary/aromatic N) is 1. The Morgan fingerprint density at radius 1 is 1.22 bits per heavy atom. The number of para-hydroxylation sites is 1. The molecule has 2 aromatic rings. The Morgan fingerprint density at radius 2 is 2.00 bits per heavy atom. The van der Waals surface area contributed by atoms with E-state index in [4.69, 9.17) is 0 Å². The van der Waals surface area contributed by atoms with Crippen molar-refractivity contribution in [3.05, 3.63) is 58.3 Å². The second-order valence-electron chi connectivity index (χ2n) is 4.07. The summed E-state index contributed by atoms with van der Waals surface area (Å²) in [5, 5.41) is 13.0. The van der Waals surface area contributed by atoms with Gasteiger partial charge in [-0.3, -0.25) is 0 Å². The van der Waals surface area contributed by atoms with E-state index in [1.807, 2.05) is 42.5 Å². The van der Waals surface area contributed by atoms with Gasteiger partial charge in [-0.2, -0.15) is 0 Å². The summed E-state index contributed by atoms with van der Waals surface area (Å²) in [7, 11) is 0. The average Bonchev–Trinajstić information content (AvgIpc) is 2.37. The molecule has 0 radical (unpaired) electrons. The number of rotatable bonds is 4. The molecule has 18 heavy (non-hydrogen) atoms. The third kappa shape index (κ3) is 3.31. The maximum absolute atomic E-state index is 9.68. The van der Waals surface area contributed by atoms with Crippen molar-refractivity contribution in [3.8, 4) is 0 Å². The van der Waals surface area contributed by atoms with Gasteiger partial charge in [0.05, 0.1) is 18.3 Å². The second kappa shape index (κ2) is 5.98. The lowest BCUT2D eigenvalue weighted by atomic mass is 10.1. The van der Waals surface area contributed by atoms with E-state index in [0.29, 0.717) is 6.54 Å². The predicted octanol–water partition coefficient (Wildman–Crippen LogP) is 3.51. The van der Waals surface area contributed by atoms with Crippen molar-refractivity contribution in [2.24, 2.45) is 0 Å². The first kappa shape index (κ1) is 13.1. The Bertz CT molecular complexity index is 529. The molecule has 1 heterocycles. The molecule has 0 aliphatic carbocycles. The van der Waals surface area contributed by atoms with Gasteiger partial charge in [0.1, 0.15) is 4.60 Å². The summed E-state index contributed by atoms with van der Waals surface area (Å²) in [5.41, 5.74) is 2.78. The summed E-state index contributed by atoms with van der Waals surface area (Å²) in [4.78, 5) is 4.35. The molecule has 0 fully saturated rings. The minimum Gasteiger partial charge on any atom is -0.389 e. The van der Waals surface area contributed by atoms with Gasteiger partial charge in [-0.25, -0.2) is 4.98 Å². The van der Waals surface area contributed by atoms with Crippen LogP contribution < -0.4 is 5.32 Å². The van der Waals surface area contributed by atoms with Crippen molar-refractivity contribution in [1.82, 2.24) is 4.98 Å². The van der Waals surface area contributed by atoms with Crippen molar-refractivity contribution >= 4 is 21.6 Å². The molecule has 1 unspecified atom stereocenters. The molecular formula is C14H15BrN2O. The number of hydrogen-bond donors (Lipinski definition) is 2. The predicted molar refractivity (Wildman–Crippen MR) is 76.3 cm³/mol. The Kier molecular flexibility index (Phi) is 4.33. The highest BCUT2D eigenvalue weighted by atomic mass is 79.9. The molecular weight excluding hydrogens is 292 g/mol. The van der Waals surface area contributed by atoms with E-state index in [0.717, 1.165) is 21.5 Å². The fraction of sp³-hybridized carbons (Fsp3) is 0.214. The lowest BCUT2D eigenvalue weighted by Gasteiger charge is -2.13. The summed E-state index contributed by atoms with van der Waals surface area (Å²) in [6.07, 6.45) is -0.482. The van der Waals surface area contributed by atoms with Gasteiger partial charge in [-0.1, -0.05) is 24.3 Å². The van der Waals surface area contributed by atoms with Crippen LogP contribution >= 0.6 is 15.9 Å². The maximum atomic E-state index is 9.68. The Balaban J connectivity index is 2.11. The van der Waals surface area contributed by atoms with Crippen molar-refractivity contribution < 1.29 is 5.11 Å². The van der Waals surface area contributed by atoms with Gasteiger partial charge in [0.2, 0.25) is 0 Å². The van der Waals surface area contributed by atoms with Crippen LogP contribution in [0.25, 0.3) is 0 Å². The van der Waals surface area contributed by atoms with Gasteiger partial charge in [-0.15, -0.1) is 0 Å². The molecule has 1 aromatic heterocycles. The zero-order valence-electron chi connectivity index (χ0n) is 10.1. The second-order valence-corrected chi connectivity index (χ2v) is 4.88. The van der Waals surface area contributed by atoms with E-state index in [9.17, 15) is 5.11 Å². The lowest BCUT2D eigenvalue weighted by molar-refractivity contribution is 0.200. The highest BCUT2D eigenvalue weighted by Gasteiger charge is 2.06. The first-order valence-corrected chi connectivity index (χ1v) is 6.58. The molecule has 0 bridgehead atoms. The summed E-state index contributed by atoms with van der Waals surface area (Å²) >= 11 is 3.35. The molecule has 0 spiro atoms. The van der Waals surface area contributed by atoms with Crippen LogP contribution in [0, 0.1) is 0 Å². The van der Waals surface area contributed by atoms with Gasteiger partial charge < -0.3 is 10.4 Å². The fourth-order valence-electron chi connectivity index (χ4n) is 1.76. The number of pyridine rings is 1. The summed E-state index contributed by atoms with van der Waals surface area (Å²) in [6, 6.07) is 13.6. The average molecular weight is 307 g/mol. The molecule has 0 amide bonds. The normalized spacial score (nSPS) is 12.2. The molecule has 94 valence electrons. The quantitative estimate of drug-likeness (QED) is 0.850. The van der Waals surface area contributed by atoms with Gasteiger partial charge in [0.15, 0.2) is 0 Å². The third-order valence-corrected chi connectivity index (χ3v) is 3.09. The number of halogens is 1. The SMILES string of the molecule is CC(O)c1ccccc1NCc1cccc(Br)n1. The number of aliphatic hydroxyl groups excluding tert-OH is 1. The van der Waals surface area contributed by atoms with E-state index >= 15 is 0 Å². The number of hydrogen-bond acceptors (Lipinski definition) is 3. The van der Waals surface area contributed by atoms with E-state index in [1.54, 1.807) is 6.92 Å². The molecule has 4 heteroatoms. The first-order chi connectivity index (χ1) is 8.66. The number of aromatic nitrogens is 1. The van der Waals surface area contributed by atoms with Crippen molar-refractivity contribution in [1.29, 1.82) is 0 Å². The zero-order chi connectivity index (χ0) is 13.0. The largest absolute Gasteiger partial charge is 0.389 e. The van der Waals surface area contributed by atoms with Gasteiger partial charge >= 0.3 is 0 Å². The van der Waals surface area contributed by atoms with Crippen LogP contribution in [0.15, 0.2) is 47.1 Å². The minimum absolute atomic E-state index is 0.482. The van der Waals surface area contributed by atoms with Crippen LogP contribution in [0.2, 0.25) is 0 Å². The highest BCUT2D eigenvalue weighted by molar-refractivity contribution is 9.10. The smallest absolute Gasteiger partial charge is 0.106 e. The van der Waals surface area contributed by atoms with Gasteiger partial charge in [0, 0.05) is 11.3 Å². The maximum Gasteiger partial charge on any atom is 0.106 e. The number of aliphatic hydroxyl groups is 1. The van der Waals surface area contributed by atoms with Crippen LogP contribution in [-0.4, -0.2) is 10.1 Å². The fourth-order valence-corrected chi connectivity index (χ4v) is 2.14. The van der Waals surface area contributed by atoms with Crippen LogP contribution in [0.5, 0.6) is 0 Å². The highest BCUT2D eigenvalue weighted by Crippen LogP contribution is 2.22. The molecule has 0 aliphatic heterocycles. The molecule has 2 rings (SSSR count). The standard InChI is InChI=1S/C14H15BrN2O/c1-10(18)12-6-2-3-7-13(12)16-9-11-5-4-8-14(15)17-11/h2-8,10,16,18H,9H2,1H3. The van der Waals surface area contributed by atoms with Crippen molar-refractivity contribution in [2.45, 2.75) is 19.6 Å². The van der Waals surface area contributed by atoms with E-state index < -0.39 is 6.10 Å². The molecule has 0 aliphatic rings. The van der Waals surface area contributed by atoms with Crippen LogP contribution in [0.3, 0.4) is 0 Å². The zero-order valence-corrected chi connectivity index (χ0v) is 11.7. The van der Waals surface area contributed by atoms with E-state index in [-0.39, 0.29) is 0 Å². The molecule has 2 N–H and O–H groups in total. The Morgan fingerprint density at radius 3 is 2.72 bits per heavy atom. The minimum atomic E-state index is -0.482. The monoisotopic (exact) mass is 306 g/mol. The number of anilines is 1. The van der Waals surface area contributed by atoms with E-state index in [2.05, 4.69) is 26.2 Å². The van der Waals surface area contributed by atoms with Crippen molar-refractivity contribution in [2.75, 3.05) is 5.32 Å². The van der Waals surface area contributed by atoms with Gasteiger partial charge in [-0.05, 0) is 41.1 Å². The first-order valence-electron chi connectivity index (χ1n) is 5.79. The summed E-state index contributed by atoms with van der Waals surface area (Å²) in [5.74, 6) is 0. The molecule has 0 saturated heterocycles. The van der Waals surface area contributed by atoms with Crippen LogP contribution in [-0.2, 0) is 6.54 Å². The topological polar surface area (TPSA) is 45.1 Å². The van der Waals surface area contributed by atoms with Crippen molar-refractivity contribution in [3.63, 3.8) is 0 Å². The van der Waals surface area contributed by atoms with Crippen LogP contribution in [0.1, 0.15) is 24.3 Å². The molecule has 0 saturated carbocycles. The molecule has 1 aromatic carbocycles. The third-order valence-electron chi connectivity index (χ3n) is 2.64. The van der Waals surface area contributed by atoms with Gasteiger partial charge in [0.25, 0.3) is 0 Å².